The molecule has 1 aromatic carbocycles. The van der Waals surface area contributed by atoms with Crippen molar-refractivity contribution in [3.63, 3.8) is 0 Å². The Kier molecular flexibility index (Phi) is 3.67. The Balaban J connectivity index is 2.13. The average molecular weight is 262 g/mol. The topological polar surface area (TPSA) is 47.3 Å². The van der Waals surface area contributed by atoms with Gasteiger partial charge in [-0.05, 0) is 42.8 Å². The molecular weight excluding hydrogens is 248 g/mol. The third kappa shape index (κ3) is 3.11. The van der Waals surface area contributed by atoms with Gasteiger partial charge in [0.05, 0.1) is 16.9 Å². The lowest BCUT2D eigenvalue weighted by Gasteiger charge is -2.02. The average Bonchev–Trinajstić information content (AvgIpc) is 2.82. The molecule has 0 aliphatic rings. The van der Waals surface area contributed by atoms with E-state index in [1.165, 1.54) is 0 Å². The van der Waals surface area contributed by atoms with Gasteiger partial charge in [0.25, 0.3) is 0 Å². The molecule has 3 nitrogen and oxygen atoms in total. The van der Waals surface area contributed by atoms with E-state index in [1.54, 1.807) is 48.7 Å². The summed E-state index contributed by atoms with van der Waals surface area (Å²) in [5, 5.41) is 0. The third-order valence-corrected chi connectivity index (χ3v) is 4.09. The molecule has 0 bridgehead atoms. The molecule has 18 heavy (non-hydrogen) atoms. The van der Waals surface area contributed by atoms with E-state index in [0.29, 0.717) is 10.7 Å². The summed E-state index contributed by atoms with van der Waals surface area (Å²) < 4.78 is 29.2. The summed E-state index contributed by atoms with van der Waals surface area (Å²) in [6, 6.07) is 10.4. The van der Waals surface area contributed by atoms with Crippen LogP contribution in [0.25, 0.3) is 6.08 Å². The summed E-state index contributed by atoms with van der Waals surface area (Å²) in [5.41, 5.74) is 0.936. The summed E-state index contributed by atoms with van der Waals surface area (Å²) in [4.78, 5) is 0.353. The van der Waals surface area contributed by atoms with Crippen LogP contribution in [0.1, 0.15) is 11.3 Å². The van der Waals surface area contributed by atoms with Crippen molar-refractivity contribution in [2.75, 3.05) is 5.75 Å². The Hall–Kier alpha value is -1.81. The largest absolute Gasteiger partial charge is 0.465 e. The van der Waals surface area contributed by atoms with Crippen LogP contribution in [0.4, 0.5) is 0 Å². The first kappa shape index (κ1) is 12.6. The van der Waals surface area contributed by atoms with Crippen LogP contribution in [0.5, 0.6) is 0 Å². The van der Waals surface area contributed by atoms with Crippen molar-refractivity contribution in [1.29, 1.82) is 0 Å². The van der Waals surface area contributed by atoms with Gasteiger partial charge in [0.15, 0.2) is 9.84 Å². The highest BCUT2D eigenvalue weighted by Crippen LogP contribution is 2.13. The Labute approximate surface area is 107 Å². The monoisotopic (exact) mass is 262 g/mol. The molecule has 0 unspecified atom stereocenters. The van der Waals surface area contributed by atoms with Gasteiger partial charge < -0.3 is 4.42 Å². The molecule has 0 N–H and O–H groups in total. The zero-order valence-electron chi connectivity index (χ0n) is 10.0. The second kappa shape index (κ2) is 5.23. The lowest BCUT2D eigenvalue weighted by molar-refractivity contribution is 0.557. The van der Waals surface area contributed by atoms with Crippen LogP contribution in [-0.2, 0) is 9.84 Å². The molecule has 4 heteroatoms. The van der Waals surface area contributed by atoms with E-state index in [0.717, 1.165) is 5.56 Å². The van der Waals surface area contributed by atoms with E-state index in [-0.39, 0.29) is 5.75 Å². The quantitative estimate of drug-likeness (QED) is 0.850. The molecule has 94 valence electrons. The van der Waals surface area contributed by atoms with Crippen LogP contribution in [-0.4, -0.2) is 14.2 Å². The predicted octanol–water partition coefficient (Wildman–Crippen LogP) is 3.08. The van der Waals surface area contributed by atoms with Crippen LogP contribution < -0.4 is 0 Å². The number of sulfone groups is 1. The molecule has 1 heterocycles. The van der Waals surface area contributed by atoms with Crippen molar-refractivity contribution in [2.24, 2.45) is 0 Å². The van der Waals surface area contributed by atoms with Crippen LogP contribution in [0, 0.1) is 6.92 Å². The Morgan fingerprint density at radius 1 is 1.22 bits per heavy atom. The minimum atomic E-state index is -3.26. The summed E-state index contributed by atoms with van der Waals surface area (Å²) in [5.74, 6) is 0.617. The molecule has 0 aliphatic carbocycles. The van der Waals surface area contributed by atoms with E-state index < -0.39 is 9.84 Å². The summed E-state index contributed by atoms with van der Waals surface area (Å²) in [6.07, 6.45) is 4.80. The van der Waals surface area contributed by atoms with E-state index in [1.807, 2.05) is 13.0 Å². The molecule has 2 aromatic rings. The minimum Gasteiger partial charge on any atom is -0.465 e. The second-order valence-corrected chi connectivity index (χ2v) is 6.05. The molecule has 0 spiro atoms. The number of hydrogen-bond acceptors (Lipinski definition) is 3. The summed E-state index contributed by atoms with van der Waals surface area (Å²) >= 11 is 0. The Bertz CT molecular complexity index is 637. The maximum absolute atomic E-state index is 12.0. The van der Waals surface area contributed by atoms with E-state index in [9.17, 15) is 8.42 Å². The molecule has 0 amide bonds. The molecule has 0 aliphatic heterocycles. The first-order chi connectivity index (χ1) is 8.58. The Morgan fingerprint density at radius 2 is 2.06 bits per heavy atom. The number of furan rings is 1. The molecule has 0 fully saturated rings. The van der Waals surface area contributed by atoms with Gasteiger partial charge in [0.2, 0.25) is 0 Å². The van der Waals surface area contributed by atoms with Crippen LogP contribution in [0.3, 0.4) is 0 Å². The molecule has 0 saturated heterocycles. The Morgan fingerprint density at radius 3 is 2.72 bits per heavy atom. The normalized spacial score (nSPS) is 12.1. The molecule has 0 saturated carbocycles. The van der Waals surface area contributed by atoms with Gasteiger partial charge in [0, 0.05) is 0 Å². The van der Waals surface area contributed by atoms with Crippen LogP contribution >= 0.6 is 0 Å². The first-order valence-electron chi connectivity index (χ1n) is 5.57. The van der Waals surface area contributed by atoms with Crippen molar-refractivity contribution in [1.82, 2.24) is 0 Å². The van der Waals surface area contributed by atoms with Crippen molar-refractivity contribution in [3.05, 3.63) is 60.1 Å². The van der Waals surface area contributed by atoms with Crippen molar-refractivity contribution in [3.8, 4) is 0 Å². The number of hydrogen-bond donors (Lipinski definition) is 0. The zero-order valence-corrected chi connectivity index (χ0v) is 10.9. The second-order valence-electron chi connectivity index (χ2n) is 4.02. The van der Waals surface area contributed by atoms with Crippen LogP contribution in [0.15, 0.2) is 58.1 Å². The number of aryl methyl sites for hydroxylation is 1. The van der Waals surface area contributed by atoms with E-state index >= 15 is 0 Å². The number of rotatable bonds is 4. The molecular formula is C14H14O3S. The molecule has 0 radical (unpaired) electrons. The summed E-state index contributed by atoms with van der Waals surface area (Å²) in [6.45, 7) is 1.87. The van der Waals surface area contributed by atoms with Gasteiger partial charge >= 0.3 is 0 Å². The number of benzene rings is 1. The third-order valence-electron chi connectivity index (χ3n) is 2.49. The van der Waals surface area contributed by atoms with E-state index in [4.69, 9.17) is 4.42 Å². The van der Waals surface area contributed by atoms with Gasteiger partial charge in [-0.1, -0.05) is 18.2 Å². The van der Waals surface area contributed by atoms with Crippen molar-refractivity contribution >= 4 is 15.9 Å². The highest BCUT2D eigenvalue weighted by atomic mass is 32.2. The lowest BCUT2D eigenvalue weighted by atomic mass is 10.2. The minimum absolute atomic E-state index is 0.0306. The van der Waals surface area contributed by atoms with E-state index in [2.05, 4.69) is 0 Å². The first-order valence-corrected chi connectivity index (χ1v) is 7.23. The summed E-state index contributed by atoms with van der Waals surface area (Å²) in [7, 11) is -3.26. The van der Waals surface area contributed by atoms with Gasteiger partial charge in [-0.3, -0.25) is 0 Å². The molecule has 0 atom stereocenters. The molecule has 1 aromatic heterocycles. The standard InChI is InChI=1S/C14H14O3S/c1-12-5-2-8-14(11-12)18(15,16)10-4-7-13-6-3-9-17-13/h2-9,11H,10H2,1H3/b7-4+. The lowest BCUT2D eigenvalue weighted by Crippen LogP contribution is -2.04. The van der Waals surface area contributed by atoms with Gasteiger partial charge in [-0.25, -0.2) is 8.42 Å². The van der Waals surface area contributed by atoms with Gasteiger partial charge in [0.1, 0.15) is 5.76 Å². The fraction of sp³-hybridized carbons (Fsp3) is 0.143. The smallest absolute Gasteiger partial charge is 0.181 e. The van der Waals surface area contributed by atoms with Gasteiger partial charge in [-0.2, -0.15) is 0 Å². The van der Waals surface area contributed by atoms with Crippen molar-refractivity contribution in [2.45, 2.75) is 11.8 Å². The highest BCUT2D eigenvalue weighted by Gasteiger charge is 2.11. The van der Waals surface area contributed by atoms with Gasteiger partial charge in [-0.15, -0.1) is 0 Å². The SMILES string of the molecule is Cc1cccc(S(=O)(=O)C/C=C/c2ccco2)c1. The van der Waals surface area contributed by atoms with Crippen LogP contribution in [0.2, 0.25) is 0 Å². The van der Waals surface area contributed by atoms with Crippen molar-refractivity contribution < 1.29 is 12.8 Å². The highest BCUT2D eigenvalue weighted by molar-refractivity contribution is 7.91. The fourth-order valence-corrected chi connectivity index (χ4v) is 2.78. The maximum atomic E-state index is 12.0. The fourth-order valence-electron chi connectivity index (χ4n) is 1.58. The molecule has 2 rings (SSSR count). The maximum Gasteiger partial charge on any atom is 0.181 e. The zero-order chi connectivity index (χ0) is 13.0. The predicted molar refractivity (Wildman–Crippen MR) is 71.0 cm³/mol.